The van der Waals surface area contributed by atoms with Crippen molar-refractivity contribution in [3.8, 4) is 11.1 Å². The van der Waals surface area contributed by atoms with Crippen molar-refractivity contribution in [3.05, 3.63) is 80.6 Å². The number of carbonyl (C=O) groups excluding carboxylic acids is 2. The SMILES string of the molecule is CCOC(=O)c1c(-c2cccc([N+](=O)[O-])c2)csc1NC(=O)Cc1c(C)nc2c(C)cccn12. The lowest BCUT2D eigenvalue weighted by molar-refractivity contribution is -0.384. The second kappa shape index (κ2) is 9.44. The topological polar surface area (TPSA) is 116 Å². The van der Waals surface area contributed by atoms with Gasteiger partial charge >= 0.3 is 5.97 Å². The minimum absolute atomic E-state index is 0.0583. The number of nitro benzene ring substituents is 1. The standard InChI is InChI=1S/C24H22N4O5S/c1-4-33-24(30)21-18(16-8-5-9-17(11-16)28(31)32)13-34-23(21)26-20(29)12-19-15(3)25-22-14(2)7-6-10-27(19)22/h5-11,13H,4,12H2,1-3H3,(H,26,29). The van der Waals surface area contributed by atoms with Crippen LogP contribution in [-0.4, -0.2) is 32.8 Å². The molecule has 3 aromatic heterocycles. The molecule has 0 radical (unpaired) electrons. The van der Waals surface area contributed by atoms with Gasteiger partial charge in [-0.05, 0) is 38.0 Å². The Kier molecular flexibility index (Phi) is 6.42. The van der Waals surface area contributed by atoms with Crippen molar-refractivity contribution < 1.29 is 19.2 Å². The van der Waals surface area contributed by atoms with Crippen molar-refractivity contribution in [1.82, 2.24) is 9.38 Å². The fourth-order valence-electron chi connectivity index (χ4n) is 3.76. The van der Waals surface area contributed by atoms with E-state index in [1.807, 2.05) is 36.6 Å². The van der Waals surface area contributed by atoms with Crippen molar-refractivity contribution in [2.24, 2.45) is 0 Å². The smallest absolute Gasteiger partial charge is 0.341 e. The highest BCUT2D eigenvalue weighted by Gasteiger charge is 2.24. The number of rotatable bonds is 7. The largest absolute Gasteiger partial charge is 0.462 e. The van der Waals surface area contributed by atoms with Crippen molar-refractivity contribution in [2.45, 2.75) is 27.2 Å². The summed E-state index contributed by atoms with van der Waals surface area (Å²) in [4.78, 5) is 41.1. The van der Waals surface area contributed by atoms with Gasteiger partial charge in [0.1, 0.15) is 16.2 Å². The number of amides is 1. The molecule has 1 amide bonds. The summed E-state index contributed by atoms with van der Waals surface area (Å²) in [6.07, 6.45) is 1.92. The Bertz CT molecular complexity index is 1420. The Morgan fingerprint density at radius 2 is 2.03 bits per heavy atom. The summed E-state index contributed by atoms with van der Waals surface area (Å²) in [5.74, 6) is -0.924. The number of non-ortho nitro benzene ring substituents is 1. The molecule has 0 unspecified atom stereocenters. The van der Waals surface area contributed by atoms with Gasteiger partial charge in [0, 0.05) is 29.3 Å². The summed E-state index contributed by atoms with van der Waals surface area (Å²) in [7, 11) is 0. The second-order valence-corrected chi connectivity index (χ2v) is 8.51. The fourth-order valence-corrected chi connectivity index (χ4v) is 4.73. The number of thiophene rings is 1. The van der Waals surface area contributed by atoms with Crippen molar-refractivity contribution >= 4 is 39.5 Å². The van der Waals surface area contributed by atoms with Crippen molar-refractivity contribution in [3.63, 3.8) is 0 Å². The van der Waals surface area contributed by atoms with Crippen LogP contribution >= 0.6 is 11.3 Å². The first-order valence-electron chi connectivity index (χ1n) is 10.6. The van der Waals surface area contributed by atoms with Gasteiger partial charge in [0.15, 0.2) is 0 Å². The average Bonchev–Trinajstić information content (AvgIpc) is 3.36. The molecular weight excluding hydrogens is 456 g/mol. The van der Waals surface area contributed by atoms with Gasteiger partial charge in [-0.1, -0.05) is 18.2 Å². The molecule has 0 fully saturated rings. The zero-order chi connectivity index (χ0) is 24.4. The monoisotopic (exact) mass is 478 g/mol. The lowest BCUT2D eigenvalue weighted by atomic mass is 10.0. The molecule has 0 atom stereocenters. The molecular formula is C24H22N4O5S. The van der Waals surface area contributed by atoms with Gasteiger partial charge in [-0.25, -0.2) is 9.78 Å². The van der Waals surface area contributed by atoms with Gasteiger partial charge in [-0.15, -0.1) is 11.3 Å². The van der Waals surface area contributed by atoms with Crippen LogP contribution in [0.5, 0.6) is 0 Å². The van der Waals surface area contributed by atoms with Crippen LogP contribution in [0.4, 0.5) is 10.7 Å². The number of benzene rings is 1. The first-order chi connectivity index (χ1) is 16.3. The van der Waals surface area contributed by atoms with Crippen molar-refractivity contribution in [1.29, 1.82) is 0 Å². The number of carbonyl (C=O) groups is 2. The minimum atomic E-state index is -0.609. The Balaban J connectivity index is 1.67. The zero-order valence-corrected chi connectivity index (χ0v) is 19.6. The second-order valence-electron chi connectivity index (χ2n) is 7.64. The maximum absolute atomic E-state index is 13.0. The molecule has 174 valence electrons. The number of nitrogens with one attached hydrogen (secondary N) is 1. The lowest BCUT2D eigenvalue weighted by Crippen LogP contribution is -2.18. The maximum Gasteiger partial charge on any atom is 0.341 e. The summed E-state index contributed by atoms with van der Waals surface area (Å²) >= 11 is 1.17. The number of anilines is 1. The number of imidazole rings is 1. The molecule has 10 heteroatoms. The number of nitro groups is 1. The molecule has 4 rings (SSSR count). The van der Waals surface area contributed by atoms with E-state index in [2.05, 4.69) is 10.3 Å². The molecule has 0 bridgehead atoms. The maximum atomic E-state index is 13.0. The average molecular weight is 479 g/mol. The van der Waals surface area contributed by atoms with Crippen molar-refractivity contribution in [2.75, 3.05) is 11.9 Å². The third kappa shape index (κ3) is 4.40. The summed E-state index contributed by atoms with van der Waals surface area (Å²) in [6, 6.07) is 9.84. The van der Waals surface area contributed by atoms with Crippen LogP contribution in [-0.2, 0) is 16.0 Å². The molecule has 0 aliphatic heterocycles. The molecule has 4 aromatic rings. The van der Waals surface area contributed by atoms with Crippen LogP contribution in [0.1, 0.15) is 34.2 Å². The summed E-state index contributed by atoms with van der Waals surface area (Å²) < 4.78 is 7.10. The number of hydrogen-bond acceptors (Lipinski definition) is 7. The highest BCUT2D eigenvalue weighted by atomic mass is 32.1. The number of nitrogens with zero attached hydrogens (tertiary/aromatic N) is 3. The van der Waals surface area contributed by atoms with E-state index >= 15 is 0 Å². The van der Waals surface area contributed by atoms with E-state index in [0.29, 0.717) is 16.1 Å². The molecule has 0 aliphatic carbocycles. The first-order valence-corrected chi connectivity index (χ1v) is 11.4. The summed E-state index contributed by atoms with van der Waals surface area (Å²) in [5.41, 5.74) is 4.32. The number of pyridine rings is 1. The van der Waals surface area contributed by atoms with E-state index in [1.165, 1.54) is 23.5 Å². The normalized spacial score (nSPS) is 10.9. The molecule has 1 N–H and O–H groups in total. The van der Waals surface area contributed by atoms with E-state index in [0.717, 1.165) is 22.6 Å². The molecule has 9 nitrogen and oxygen atoms in total. The molecule has 1 aromatic carbocycles. The van der Waals surface area contributed by atoms with Gasteiger partial charge in [0.25, 0.3) is 5.69 Å². The van der Waals surface area contributed by atoms with Gasteiger partial charge in [0.2, 0.25) is 5.91 Å². The lowest BCUT2D eigenvalue weighted by Gasteiger charge is -2.09. The Morgan fingerprint density at radius 3 is 2.76 bits per heavy atom. The Labute approximate surface area is 199 Å². The quantitative estimate of drug-likeness (QED) is 0.228. The molecule has 0 aliphatic rings. The fraction of sp³-hybridized carbons (Fsp3) is 0.208. The predicted octanol–water partition coefficient (Wildman–Crippen LogP) is 4.95. The van der Waals surface area contributed by atoms with Crippen LogP contribution in [0.15, 0.2) is 48.0 Å². The summed E-state index contributed by atoms with van der Waals surface area (Å²) in [5, 5.41) is 16.0. The molecule has 0 saturated heterocycles. The number of aryl methyl sites for hydroxylation is 2. The highest BCUT2D eigenvalue weighted by Crippen LogP contribution is 2.37. The molecule has 0 spiro atoms. The number of hydrogen-bond donors (Lipinski definition) is 1. The van der Waals surface area contributed by atoms with E-state index in [4.69, 9.17) is 4.74 Å². The number of fused-ring (bicyclic) bond motifs is 1. The van der Waals surface area contributed by atoms with Gasteiger partial charge < -0.3 is 14.5 Å². The number of aromatic nitrogens is 2. The van der Waals surface area contributed by atoms with Crippen LogP contribution in [0.2, 0.25) is 0 Å². The first kappa shape index (κ1) is 23.1. The Hall–Kier alpha value is -4.05. The van der Waals surface area contributed by atoms with Gasteiger partial charge in [-0.2, -0.15) is 0 Å². The number of ether oxygens (including phenoxy) is 1. The van der Waals surface area contributed by atoms with Crippen LogP contribution in [0.25, 0.3) is 16.8 Å². The molecule has 3 heterocycles. The zero-order valence-electron chi connectivity index (χ0n) is 18.8. The van der Waals surface area contributed by atoms with E-state index in [-0.39, 0.29) is 30.2 Å². The van der Waals surface area contributed by atoms with Gasteiger partial charge in [-0.3, -0.25) is 14.9 Å². The molecule has 0 saturated carbocycles. The summed E-state index contributed by atoms with van der Waals surface area (Å²) in [6.45, 7) is 5.64. The van der Waals surface area contributed by atoms with Crippen LogP contribution < -0.4 is 5.32 Å². The van der Waals surface area contributed by atoms with Crippen LogP contribution in [0, 0.1) is 24.0 Å². The van der Waals surface area contributed by atoms with Crippen LogP contribution in [0.3, 0.4) is 0 Å². The minimum Gasteiger partial charge on any atom is -0.462 e. The van der Waals surface area contributed by atoms with E-state index < -0.39 is 10.9 Å². The number of esters is 1. The highest BCUT2D eigenvalue weighted by molar-refractivity contribution is 7.15. The van der Waals surface area contributed by atoms with E-state index in [9.17, 15) is 19.7 Å². The molecule has 34 heavy (non-hydrogen) atoms. The Morgan fingerprint density at radius 1 is 1.24 bits per heavy atom. The third-order valence-electron chi connectivity index (χ3n) is 5.36. The van der Waals surface area contributed by atoms with E-state index in [1.54, 1.807) is 24.4 Å². The van der Waals surface area contributed by atoms with Gasteiger partial charge in [0.05, 0.1) is 29.3 Å². The third-order valence-corrected chi connectivity index (χ3v) is 6.26. The predicted molar refractivity (Wildman–Crippen MR) is 129 cm³/mol.